The molecule has 1 aromatic rings. The standard InChI is InChI=1S/C12H17NO2/c13-7-5-10-1-3-11(4-2-10)15-12-6-8-14-9-12/h1-4,12H,5-9,13H2. The van der Waals surface area contributed by atoms with Crippen molar-refractivity contribution >= 4 is 0 Å². The molecule has 3 nitrogen and oxygen atoms in total. The van der Waals surface area contributed by atoms with E-state index >= 15 is 0 Å². The fourth-order valence-electron chi connectivity index (χ4n) is 1.70. The summed E-state index contributed by atoms with van der Waals surface area (Å²) in [5.41, 5.74) is 6.74. The van der Waals surface area contributed by atoms with Crippen molar-refractivity contribution in [2.24, 2.45) is 5.73 Å². The van der Waals surface area contributed by atoms with Crippen molar-refractivity contribution in [1.82, 2.24) is 0 Å². The summed E-state index contributed by atoms with van der Waals surface area (Å²) < 4.78 is 11.0. The molecule has 2 N–H and O–H groups in total. The highest BCUT2D eigenvalue weighted by Gasteiger charge is 2.16. The van der Waals surface area contributed by atoms with Crippen molar-refractivity contribution < 1.29 is 9.47 Å². The first-order valence-corrected chi connectivity index (χ1v) is 5.42. The van der Waals surface area contributed by atoms with Gasteiger partial charge in [-0.25, -0.2) is 0 Å². The minimum atomic E-state index is 0.227. The molecule has 82 valence electrons. The van der Waals surface area contributed by atoms with Crippen LogP contribution in [0.5, 0.6) is 5.75 Å². The van der Waals surface area contributed by atoms with Gasteiger partial charge in [-0.15, -0.1) is 0 Å². The second-order valence-corrected chi connectivity index (χ2v) is 3.79. The summed E-state index contributed by atoms with van der Waals surface area (Å²) >= 11 is 0. The van der Waals surface area contributed by atoms with Gasteiger partial charge in [0.25, 0.3) is 0 Å². The lowest BCUT2D eigenvalue weighted by Crippen LogP contribution is -2.15. The molecule has 15 heavy (non-hydrogen) atoms. The van der Waals surface area contributed by atoms with E-state index in [1.54, 1.807) is 0 Å². The maximum atomic E-state index is 5.75. The summed E-state index contributed by atoms with van der Waals surface area (Å²) in [7, 11) is 0. The molecule has 3 heteroatoms. The topological polar surface area (TPSA) is 44.5 Å². The second-order valence-electron chi connectivity index (χ2n) is 3.79. The fraction of sp³-hybridized carbons (Fsp3) is 0.500. The normalized spacial score (nSPS) is 20.5. The minimum absolute atomic E-state index is 0.227. The molecule has 1 saturated heterocycles. The number of hydrogen-bond acceptors (Lipinski definition) is 3. The number of rotatable bonds is 4. The van der Waals surface area contributed by atoms with Gasteiger partial charge in [-0.3, -0.25) is 0 Å². The monoisotopic (exact) mass is 207 g/mol. The summed E-state index contributed by atoms with van der Waals surface area (Å²) in [4.78, 5) is 0. The molecule has 0 aromatic heterocycles. The summed E-state index contributed by atoms with van der Waals surface area (Å²) in [5, 5.41) is 0. The predicted molar refractivity (Wildman–Crippen MR) is 59.1 cm³/mol. The molecule has 0 bridgehead atoms. The molecule has 1 aliphatic heterocycles. The van der Waals surface area contributed by atoms with E-state index in [1.165, 1.54) is 5.56 Å². The van der Waals surface area contributed by atoms with E-state index in [-0.39, 0.29) is 6.10 Å². The molecule has 1 atom stereocenters. The van der Waals surface area contributed by atoms with E-state index in [2.05, 4.69) is 12.1 Å². The Bertz CT molecular complexity index is 291. The van der Waals surface area contributed by atoms with Gasteiger partial charge < -0.3 is 15.2 Å². The predicted octanol–water partition coefficient (Wildman–Crippen LogP) is 1.36. The smallest absolute Gasteiger partial charge is 0.124 e. The third kappa shape index (κ3) is 2.94. The molecule has 0 spiro atoms. The summed E-state index contributed by atoms with van der Waals surface area (Å²) in [6.45, 7) is 2.22. The van der Waals surface area contributed by atoms with Crippen LogP contribution in [0.1, 0.15) is 12.0 Å². The zero-order valence-corrected chi connectivity index (χ0v) is 8.82. The van der Waals surface area contributed by atoms with Crippen LogP contribution in [0, 0.1) is 0 Å². The van der Waals surface area contributed by atoms with Gasteiger partial charge in [-0.05, 0) is 30.7 Å². The molecule has 0 aliphatic carbocycles. The Hall–Kier alpha value is -1.06. The van der Waals surface area contributed by atoms with Crippen molar-refractivity contribution in [3.63, 3.8) is 0 Å². The molecule has 1 aromatic carbocycles. The average molecular weight is 207 g/mol. The van der Waals surface area contributed by atoms with Crippen LogP contribution in [-0.2, 0) is 11.2 Å². The second kappa shape index (κ2) is 5.14. The lowest BCUT2D eigenvalue weighted by Gasteiger charge is -2.11. The van der Waals surface area contributed by atoms with Crippen molar-refractivity contribution in [2.75, 3.05) is 19.8 Å². The van der Waals surface area contributed by atoms with Gasteiger partial charge in [0.2, 0.25) is 0 Å². The van der Waals surface area contributed by atoms with Crippen LogP contribution in [0.3, 0.4) is 0 Å². The Morgan fingerprint density at radius 3 is 2.73 bits per heavy atom. The Kier molecular flexibility index (Phi) is 3.59. The molecule has 1 fully saturated rings. The maximum absolute atomic E-state index is 5.75. The Balaban J connectivity index is 1.91. The van der Waals surface area contributed by atoms with Crippen molar-refractivity contribution in [1.29, 1.82) is 0 Å². The Labute approximate surface area is 90.2 Å². The van der Waals surface area contributed by atoms with Gasteiger partial charge in [-0.1, -0.05) is 12.1 Å². The quantitative estimate of drug-likeness (QED) is 0.810. The molecular weight excluding hydrogens is 190 g/mol. The van der Waals surface area contributed by atoms with Gasteiger partial charge in [-0.2, -0.15) is 0 Å². The molecule has 0 radical (unpaired) electrons. The molecule has 2 rings (SSSR count). The minimum Gasteiger partial charge on any atom is -0.488 e. The fourth-order valence-corrected chi connectivity index (χ4v) is 1.70. The molecule has 0 saturated carbocycles. The first kappa shape index (κ1) is 10.5. The van der Waals surface area contributed by atoms with Gasteiger partial charge in [0.05, 0.1) is 13.2 Å². The van der Waals surface area contributed by atoms with Crippen molar-refractivity contribution in [2.45, 2.75) is 18.9 Å². The molecule has 1 heterocycles. The average Bonchev–Trinajstić information content (AvgIpc) is 2.74. The highest BCUT2D eigenvalue weighted by Crippen LogP contribution is 2.17. The van der Waals surface area contributed by atoms with Gasteiger partial charge in [0.1, 0.15) is 11.9 Å². The van der Waals surface area contributed by atoms with Crippen LogP contribution in [0.25, 0.3) is 0 Å². The van der Waals surface area contributed by atoms with E-state index in [4.69, 9.17) is 15.2 Å². The van der Waals surface area contributed by atoms with E-state index in [0.29, 0.717) is 13.2 Å². The number of benzene rings is 1. The third-order valence-electron chi connectivity index (χ3n) is 2.55. The van der Waals surface area contributed by atoms with E-state index in [9.17, 15) is 0 Å². The molecular formula is C12H17NO2. The summed E-state index contributed by atoms with van der Waals surface area (Å²) in [6, 6.07) is 8.14. The van der Waals surface area contributed by atoms with Gasteiger partial charge in [0.15, 0.2) is 0 Å². The zero-order valence-electron chi connectivity index (χ0n) is 8.82. The summed E-state index contributed by atoms with van der Waals surface area (Å²) in [6.07, 6.45) is 2.14. The van der Waals surface area contributed by atoms with Crippen LogP contribution >= 0.6 is 0 Å². The SMILES string of the molecule is NCCc1ccc(OC2CCOC2)cc1. The first-order valence-electron chi connectivity index (χ1n) is 5.42. The number of nitrogens with two attached hydrogens (primary N) is 1. The van der Waals surface area contributed by atoms with E-state index < -0.39 is 0 Å². The van der Waals surface area contributed by atoms with Gasteiger partial charge in [0, 0.05) is 6.42 Å². The molecule has 1 aliphatic rings. The number of ether oxygens (including phenoxy) is 2. The highest BCUT2D eigenvalue weighted by molar-refractivity contribution is 5.27. The van der Waals surface area contributed by atoms with E-state index in [1.807, 2.05) is 12.1 Å². The lowest BCUT2D eigenvalue weighted by molar-refractivity contribution is 0.141. The third-order valence-corrected chi connectivity index (χ3v) is 2.55. The van der Waals surface area contributed by atoms with Crippen molar-refractivity contribution in [3.8, 4) is 5.75 Å². The first-order chi connectivity index (χ1) is 7.38. The summed E-state index contributed by atoms with van der Waals surface area (Å²) in [5.74, 6) is 0.922. The van der Waals surface area contributed by atoms with Crippen LogP contribution < -0.4 is 10.5 Å². The van der Waals surface area contributed by atoms with E-state index in [0.717, 1.165) is 25.2 Å². The molecule has 1 unspecified atom stereocenters. The maximum Gasteiger partial charge on any atom is 0.124 e. The highest BCUT2D eigenvalue weighted by atomic mass is 16.5. The largest absolute Gasteiger partial charge is 0.488 e. The van der Waals surface area contributed by atoms with Crippen molar-refractivity contribution in [3.05, 3.63) is 29.8 Å². The van der Waals surface area contributed by atoms with Crippen LogP contribution in [0.15, 0.2) is 24.3 Å². The van der Waals surface area contributed by atoms with Crippen LogP contribution in [0.2, 0.25) is 0 Å². The molecule has 0 amide bonds. The van der Waals surface area contributed by atoms with Crippen LogP contribution in [-0.4, -0.2) is 25.9 Å². The Morgan fingerprint density at radius 2 is 2.13 bits per heavy atom. The van der Waals surface area contributed by atoms with Gasteiger partial charge >= 0.3 is 0 Å². The number of hydrogen-bond donors (Lipinski definition) is 1. The lowest BCUT2D eigenvalue weighted by atomic mass is 10.1. The Morgan fingerprint density at radius 1 is 1.33 bits per heavy atom. The zero-order chi connectivity index (χ0) is 10.5. The van der Waals surface area contributed by atoms with Crippen LogP contribution in [0.4, 0.5) is 0 Å².